The van der Waals surface area contributed by atoms with E-state index in [9.17, 15) is 8.42 Å². The third kappa shape index (κ3) is 2.78. The summed E-state index contributed by atoms with van der Waals surface area (Å²) in [6, 6.07) is 5.95. The Bertz CT molecular complexity index is 578. The molecule has 0 saturated heterocycles. The molecular formula is C9H9N3O3S2. The van der Waals surface area contributed by atoms with Crippen molar-refractivity contribution in [2.75, 3.05) is 4.72 Å². The highest BCUT2D eigenvalue weighted by Gasteiger charge is 2.15. The molecule has 1 aromatic heterocycles. The van der Waals surface area contributed by atoms with Crippen molar-refractivity contribution < 1.29 is 13.5 Å². The van der Waals surface area contributed by atoms with Gasteiger partial charge in [0, 0.05) is 0 Å². The molecule has 2 N–H and O–H groups in total. The van der Waals surface area contributed by atoms with Crippen LogP contribution in [0, 0.1) is 0 Å². The molecule has 0 atom stereocenters. The second-order valence-corrected chi connectivity index (χ2v) is 5.67. The average molecular weight is 271 g/mol. The summed E-state index contributed by atoms with van der Waals surface area (Å²) >= 11 is 1.10. The van der Waals surface area contributed by atoms with Crippen molar-refractivity contribution in [3.63, 3.8) is 0 Å². The Morgan fingerprint density at radius 3 is 2.53 bits per heavy atom. The lowest BCUT2D eigenvalue weighted by atomic mass is 10.2. The van der Waals surface area contributed by atoms with Crippen LogP contribution in [0.5, 0.6) is 0 Å². The molecule has 17 heavy (non-hydrogen) atoms. The van der Waals surface area contributed by atoms with E-state index in [1.54, 1.807) is 12.1 Å². The lowest BCUT2D eigenvalue weighted by molar-refractivity contribution is 0.282. The molecule has 0 fully saturated rings. The van der Waals surface area contributed by atoms with Crippen LogP contribution in [0.25, 0.3) is 0 Å². The van der Waals surface area contributed by atoms with Gasteiger partial charge in [0.25, 0.3) is 10.0 Å². The van der Waals surface area contributed by atoms with Crippen LogP contribution in [0.15, 0.2) is 34.7 Å². The molecule has 0 amide bonds. The molecule has 0 spiro atoms. The predicted molar refractivity (Wildman–Crippen MR) is 63.1 cm³/mol. The van der Waals surface area contributed by atoms with Crippen LogP contribution in [0.1, 0.15) is 5.56 Å². The van der Waals surface area contributed by atoms with Gasteiger partial charge >= 0.3 is 0 Å². The number of aliphatic hydroxyl groups excluding tert-OH is 1. The molecule has 0 aliphatic carbocycles. The minimum absolute atomic E-state index is 0.116. The van der Waals surface area contributed by atoms with Crippen LogP contribution in [0.4, 0.5) is 5.13 Å². The fourth-order valence-corrected chi connectivity index (χ4v) is 2.86. The average Bonchev–Trinajstić information content (AvgIpc) is 2.81. The molecule has 0 saturated carbocycles. The van der Waals surface area contributed by atoms with Crippen molar-refractivity contribution in [3.05, 3.63) is 35.3 Å². The normalized spacial score (nSPS) is 11.4. The highest BCUT2D eigenvalue weighted by Crippen LogP contribution is 2.17. The Labute approximate surface area is 102 Å². The number of aliphatic hydroxyl groups is 1. The summed E-state index contributed by atoms with van der Waals surface area (Å²) in [6.45, 7) is -0.121. The number of benzene rings is 1. The van der Waals surface area contributed by atoms with E-state index in [1.165, 1.54) is 17.6 Å². The van der Waals surface area contributed by atoms with Gasteiger partial charge in [0.2, 0.25) is 5.13 Å². The van der Waals surface area contributed by atoms with E-state index < -0.39 is 10.0 Å². The van der Waals surface area contributed by atoms with Crippen molar-refractivity contribution in [2.45, 2.75) is 11.5 Å². The lowest BCUT2D eigenvalue weighted by Crippen LogP contribution is -2.12. The van der Waals surface area contributed by atoms with Crippen LogP contribution in [0.2, 0.25) is 0 Å². The smallest absolute Gasteiger partial charge is 0.263 e. The fraction of sp³-hybridized carbons (Fsp3) is 0.111. The van der Waals surface area contributed by atoms with E-state index in [0.29, 0.717) is 5.56 Å². The summed E-state index contributed by atoms with van der Waals surface area (Å²) in [4.78, 5) is 0.116. The van der Waals surface area contributed by atoms with E-state index in [-0.39, 0.29) is 16.6 Å². The van der Waals surface area contributed by atoms with Gasteiger partial charge in [0.05, 0.1) is 11.5 Å². The molecule has 2 aromatic rings. The summed E-state index contributed by atoms with van der Waals surface area (Å²) in [5.41, 5.74) is 2.09. The molecule has 0 aliphatic heterocycles. The standard InChI is InChI=1S/C9H9N3O3S2/c13-5-7-1-3-8(4-2-7)17(14,15)12-9-11-10-6-16-9/h1-4,6,13H,5H2,(H,11,12). The van der Waals surface area contributed by atoms with Crippen molar-refractivity contribution in [2.24, 2.45) is 0 Å². The third-order valence-corrected chi connectivity index (χ3v) is 4.09. The van der Waals surface area contributed by atoms with Crippen LogP contribution in [0.3, 0.4) is 0 Å². The third-order valence-electron chi connectivity index (χ3n) is 2.00. The van der Waals surface area contributed by atoms with Crippen LogP contribution in [-0.2, 0) is 16.6 Å². The molecular weight excluding hydrogens is 262 g/mol. The van der Waals surface area contributed by atoms with Crippen molar-refractivity contribution in [1.82, 2.24) is 10.2 Å². The number of hydrogen-bond donors (Lipinski definition) is 2. The zero-order chi connectivity index (χ0) is 12.3. The number of aromatic nitrogens is 2. The zero-order valence-corrected chi connectivity index (χ0v) is 10.2. The quantitative estimate of drug-likeness (QED) is 0.859. The fourth-order valence-electron chi connectivity index (χ4n) is 1.17. The van der Waals surface area contributed by atoms with E-state index in [0.717, 1.165) is 11.3 Å². The first kappa shape index (κ1) is 12.0. The first-order valence-electron chi connectivity index (χ1n) is 4.60. The number of nitrogens with one attached hydrogen (secondary N) is 1. The zero-order valence-electron chi connectivity index (χ0n) is 8.57. The van der Waals surface area contributed by atoms with Crippen LogP contribution >= 0.6 is 11.3 Å². The van der Waals surface area contributed by atoms with Gasteiger partial charge in [-0.25, -0.2) is 8.42 Å². The Kier molecular flexibility index (Phi) is 3.36. The minimum Gasteiger partial charge on any atom is -0.392 e. The second-order valence-electron chi connectivity index (χ2n) is 3.15. The van der Waals surface area contributed by atoms with E-state index >= 15 is 0 Å². The van der Waals surface area contributed by atoms with Crippen molar-refractivity contribution in [1.29, 1.82) is 0 Å². The highest BCUT2D eigenvalue weighted by molar-refractivity contribution is 7.93. The Morgan fingerprint density at radius 2 is 2.00 bits per heavy atom. The second kappa shape index (κ2) is 4.78. The molecule has 8 heteroatoms. The Balaban J connectivity index is 2.25. The minimum atomic E-state index is -3.63. The number of hydrogen-bond acceptors (Lipinski definition) is 6. The lowest BCUT2D eigenvalue weighted by Gasteiger charge is -2.04. The number of rotatable bonds is 4. The van der Waals surface area contributed by atoms with Crippen molar-refractivity contribution >= 4 is 26.5 Å². The maximum Gasteiger partial charge on any atom is 0.263 e. The molecule has 0 bridgehead atoms. The summed E-state index contributed by atoms with van der Waals surface area (Å²) in [5.74, 6) is 0. The maximum atomic E-state index is 11.9. The first-order chi connectivity index (χ1) is 8.12. The van der Waals surface area contributed by atoms with Gasteiger partial charge in [0.15, 0.2) is 0 Å². The molecule has 0 radical (unpaired) electrons. The number of nitrogens with zero attached hydrogens (tertiary/aromatic N) is 2. The van der Waals surface area contributed by atoms with E-state index in [1.807, 2.05) is 0 Å². The summed E-state index contributed by atoms with van der Waals surface area (Å²) in [5, 5.41) is 16.2. The molecule has 6 nitrogen and oxygen atoms in total. The van der Waals surface area contributed by atoms with Gasteiger partial charge in [0.1, 0.15) is 5.51 Å². The number of anilines is 1. The Morgan fingerprint density at radius 1 is 1.29 bits per heavy atom. The van der Waals surface area contributed by atoms with Crippen LogP contribution < -0.4 is 4.72 Å². The first-order valence-corrected chi connectivity index (χ1v) is 6.97. The Hall–Kier alpha value is -1.51. The molecule has 90 valence electrons. The van der Waals surface area contributed by atoms with E-state index in [2.05, 4.69) is 14.9 Å². The van der Waals surface area contributed by atoms with E-state index in [4.69, 9.17) is 5.11 Å². The van der Waals surface area contributed by atoms with Gasteiger partial charge in [-0.2, -0.15) is 0 Å². The molecule has 2 rings (SSSR count). The van der Waals surface area contributed by atoms with Gasteiger partial charge in [-0.3, -0.25) is 4.72 Å². The SMILES string of the molecule is O=S(=O)(Nc1nncs1)c1ccc(CO)cc1. The van der Waals surface area contributed by atoms with Crippen molar-refractivity contribution in [3.8, 4) is 0 Å². The van der Waals surface area contributed by atoms with Gasteiger partial charge in [-0.1, -0.05) is 23.5 Å². The summed E-state index contributed by atoms with van der Waals surface area (Å²) in [6.07, 6.45) is 0. The van der Waals surface area contributed by atoms with Gasteiger partial charge < -0.3 is 5.11 Å². The maximum absolute atomic E-state index is 11.9. The summed E-state index contributed by atoms with van der Waals surface area (Å²) < 4.78 is 26.0. The monoisotopic (exact) mass is 271 g/mol. The summed E-state index contributed by atoms with van der Waals surface area (Å²) in [7, 11) is -3.63. The largest absolute Gasteiger partial charge is 0.392 e. The number of sulfonamides is 1. The van der Waals surface area contributed by atoms with Gasteiger partial charge in [-0.05, 0) is 17.7 Å². The molecule has 0 aliphatic rings. The molecule has 1 aromatic carbocycles. The van der Waals surface area contributed by atoms with Gasteiger partial charge in [-0.15, -0.1) is 10.2 Å². The predicted octanol–water partition coefficient (Wildman–Crippen LogP) is 0.831. The molecule has 0 unspecified atom stereocenters. The highest BCUT2D eigenvalue weighted by atomic mass is 32.2. The van der Waals surface area contributed by atoms with Crippen LogP contribution in [-0.4, -0.2) is 23.7 Å². The molecule has 1 heterocycles. The topological polar surface area (TPSA) is 92.2 Å².